The number of hydrogen-bond acceptors (Lipinski definition) is 4. The molecule has 2 heterocycles. The predicted octanol–water partition coefficient (Wildman–Crippen LogP) is -2.35. The summed E-state index contributed by atoms with van der Waals surface area (Å²) in [7, 11) is 0. The zero-order chi connectivity index (χ0) is 9.10. The Morgan fingerprint density at radius 2 is 1.79 bits per heavy atom. The summed E-state index contributed by atoms with van der Waals surface area (Å²) in [5, 5.41) is 3.29. The lowest BCUT2D eigenvalue weighted by Crippen LogP contribution is -3.00. The van der Waals surface area contributed by atoms with Crippen LogP contribution in [0.2, 0.25) is 0 Å². The van der Waals surface area contributed by atoms with E-state index in [-0.39, 0.29) is 12.4 Å². The lowest BCUT2D eigenvalue weighted by Gasteiger charge is -2.27. The number of rotatable bonds is 1. The van der Waals surface area contributed by atoms with Crippen molar-refractivity contribution in [2.24, 2.45) is 0 Å². The molecule has 1 aromatic heterocycles. The normalized spacial score (nSPS) is 16.2. The Labute approximate surface area is 97.7 Å². The molecule has 1 aliphatic heterocycles. The molecule has 0 aromatic carbocycles. The maximum absolute atomic E-state index is 4.24. The van der Waals surface area contributed by atoms with Gasteiger partial charge in [0, 0.05) is 38.6 Å². The molecule has 0 radical (unpaired) electrons. The molecule has 4 nitrogen and oxygen atoms in total. The lowest BCUT2D eigenvalue weighted by molar-refractivity contribution is -0.00000270. The summed E-state index contributed by atoms with van der Waals surface area (Å²) < 4.78 is 0.923. The lowest BCUT2D eigenvalue weighted by atomic mass is 10.4. The summed E-state index contributed by atoms with van der Waals surface area (Å²) in [5.41, 5.74) is 0. The number of nitrogens with zero attached hydrogens (tertiary/aromatic N) is 3. The van der Waals surface area contributed by atoms with Gasteiger partial charge in [-0.1, -0.05) is 0 Å². The number of nitrogens with one attached hydrogen (secondary N) is 1. The van der Waals surface area contributed by atoms with Crippen LogP contribution >= 0.6 is 15.9 Å². The van der Waals surface area contributed by atoms with E-state index in [1.807, 2.05) is 0 Å². The molecule has 0 unspecified atom stereocenters. The first kappa shape index (κ1) is 11.7. The quantitative estimate of drug-likeness (QED) is 0.625. The van der Waals surface area contributed by atoms with E-state index in [9.17, 15) is 0 Å². The van der Waals surface area contributed by atoms with Crippen molar-refractivity contribution in [3.8, 4) is 0 Å². The van der Waals surface area contributed by atoms with Crippen LogP contribution in [0.4, 0.5) is 5.95 Å². The number of anilines is 1. The Balaban J connectivity index is 0.000000980. The first-order valence-corrected chi connectivity index (χ1v) is 5.09. The third-order valence-corrected chi connectivity index (χ3v) is 2.42. The van der Waals surface area contributed by atoms with E-state index in [1.54, 1.807) is 12.4 Å². The smallest absolute Gasteiger partial charge is 0.225 e. The van der Waals surface area contributed by atoms with Gasteiger partial charge in [-0.2, -0.15) is 0 Å². The fraction of sp³-hybridized carbons (Fsp3) is 0.500. The van der Waals surface area contributed by atoms with Crippen molar-refractivity contribution < 1.29 is 12.4 Å². The molecular weight excluding hydrogens is 267 g/mol. The topological polar surface area (TPSA) is 41.1 Å². The van der Waals surface area contributed by atoms with Crippen LogP contribution in [-0.4, -0.2) is 36.1 Å². The maximum atomic E-state index is 4.24. The third kappa shape index (κ3) is 2.80. The second kappa shape index (κ2) is 5.48. The minimum atomic E-state index is 0. The van der Waals surface area contributed by atoms with Crippen molar-refractivity contribution in [3.05, 3.63) is 16.9 Å². The van der Waals surface area contributed by atoms with Gasteiger partial charge in [0.1, 0.15) is 0 Å². The van der Waals surface area contributed by atoms with E-state index in [0.29, 0.717) is 0 Å². The van der Waals surface area contributed by atoms with Crippen molar-refractivity contribution in [3.63, 3.8) is 0 Å². The summed E-state index contributed by atoms with van der Waals surface area (Å²) in [6, 6.07) is 0. The van der Waals surface area contributed by atoms with Gasteiger partial charge in [0.2, 0.25) is 5.95 Å². The van der Waals surface area contributed by atoms with Gasteiger partial charge in [0.25, 0.3) is 0 Å². The Morgan fingerprint density at radius 1 is 1.21 bits per heavy atom. The Hall–Kier alpha value is -0.390. The highest BCUT2D eigenvalue weighted by molar-refractivity contribution is 9.10. The van der Waals surface area contributed by atoms with Gasteiger partial charge in [-0.25, -0.2) is 9.97 Å². The minimum absolute atomic E-state index is 0. The molecule has 0 amide bonds. The molecule has 1 aromatic rings. The van der Waals surface area contributed by atoms with E-state index in [4.69, 9.17) is 0 Å². The van der Waals surface area contributed by atoms with Crippen LogP contribution in [0.3, 0.4) is 0 Å². The number of piperazine rings is 1. The van der Waals surface area contributed by atoms with Crippen molar-refractivity contribution in [1.82, 2.24) is 15.3 Å². The summed E-state index contributed by atoms with van der Waals surface area (Å²) in [6.45, 7) is 4.00. The summed E-state index contributed by atoms with van der Waals surface area (Å²) >= 11 is 3.31. The molecule has 1 fully saturated rings. The highest BCUT2D eigenvalue weighted by Crippen LogP contribution is 2.10. The number of aromatic nitrogens is 2. The van der Waals surface area contributed by atoms with E-state index in [2.05, 4.69) is 36.1 Å². The zero-order valence-corrected chi connectivity index (χ0v) is 9.92. The van der Waals surface area contributed by atoms with Crippen molar-refractivity contribution in [1.29, 1.82) is 0 Å². The molecule has 14 heavy (non-hydrogen) atoms. The first-order valence-electron chi connectivity index (χ1n) is 4.29. The zero-order valence-electron chi connectivity index (χ0n) is 7.58. The predicted molar refractivity (Wildman–Crippen MR) is 54.8 cm³/mol. The van der Waals surface area contributed by atoms with Gasteiger partial charge >= 0.3 is 0 Å². The van der Waals surface area contributed by atoms with Crippen LogP contribution in [0, 0.1) is 0 Å². The number of hydrogen-bond donors (Lipinski definition) is 1. The van der Waals surface area contributed by atoms with Crippen LogP contribution in [0.15, 0.2) is 16.9 Å². The Bertz CT molecular complexity index is 273. The molecule has 0 atom stereocenters. The molecule has 1 aliphatic rings. The van der Waals surface area contributed by atoms with Gasteiger partial charge < -0.3 is 22.6 Å². The van der Waals surface area contributed by atoms with Crippen LogP contribution < -0.4 is 22.6 Å². The molecule has 0 bridgehead atoms. The fourth-order valence-corrected chi connectivity index (χ4v) is 1.54. The van der Waals surface area contributed by atoms with Crippen molar-refractivity contribution >= 4 is 21.9 Å². The summed E-state index contributed by atoms with van der Waals surface area (Å²) in [4.78, 5) is 10.7. The molecule has 78 valence electrons. The first-order chi connectivity index (χ1) is 6.36. The second-order valence-electron chi connectivity index (χ2n) is 2.94. The largest absolute Gasteiger partial charge is 1.00 e. The van der Waals surface area contributed by atoms with Gasteiger partial charge in [-0.05, 0) is 15.9 Å². The molecule has 0 aliphatic carbocycles. The van der Waals surface area contributed by atoms with Crippen molar-refractivity contribution in [2.45, 2.75) is 0 Å². The van der Waals surface area contributed by atoms with Crippen molar-refractivity contribution in [2.75, 3.05) is 31.1 Å². The van der Waals surface area contributed by atoms with Gasteiger partial charge in [-0.15, -0.1) is 0 Å². The molecule has 0 spiro atoms. The fourth-order valence-electron chi connectivity index (χ4n) is 1.33. The average molecular weight is 279 g/mol. The molecule has 1 N–H and O–H groups in total. The van der Waals surface area contributed by atoms with E-state index >= 15 is 0 Å². The molecular formula is C8H11BrClN4-. The van der Waals surface area contributed by atoms with E-state index < -0.39 is 0 Å². The van der Waals surface area contributed by atoms with Crippen LogP contribution in [0.1, 0.15) is 0 Å². The number of halogens is 2. The maximum Gasteiger partial charge on any atom is 0.225 e. The minimum Gasteiger partial charge on any atom is -1.00 e. The highest BCUT2D eigenvalue weighted by atomic mass is 79.9. The molecule has 0 saturated carbocycles. The third-order valence-electron chi connectivity index (χ3n) is 2.01. The van der Waals surface area contributed by atoms with Crippen LogP contribution in [-0.2, 0) is 0 Å². The summed E-state index contributed by atoms with van der Waals surface area (Å²) in [6.07, 6.45) is 3.56. The van der Waals surface area contributed by atoms with E-state index in [1.165, 1.54) is 0 Å². The highest BCUT2D eigenvalue weighted by Gasteiger charge is 2.11. The second-order valence-corrected chi connectivity index (χ2v) is 3.85. The van der Waals surface area contributed by atoms with Gasteiger partial charge in [0.05, 0.1) is 4.47 Å². The van der Waals surface area contributed by atoms with Crippen LogP contribution in [0.5, 0.6) is 0 Å². The summed E-state index contributed by atoms with van der Waals surface area (Å²) in [5.74, 6) is 0.824. The molecule has 1 saturated heterocycles. The monoisotopic (exact) mass is 277 g/mol. The molecule has 2 rings (SSSR count). The SMILES string of the molecule is Brc1cnc(N2CCNCC2)nc1.[Cl-]. The van der Waals surface area contributed by atoms with E-state index in [0.717, 1.165) is 36.6 Å². The van der Waals surface area contributed by atoms with Gasteiger partial charge in [-0.3, -0.25) is 0 Å². The Kier molecular flexibility index (Phi) is 4.57. The molecule has 6 heteroatoms. The average Bonchev–Trinajstić information content (AvgIpc) is 2.20. The Morgan fingerprint density at radius 3 is 2.36 bits per heavy atom. The van der Waals surface area contributed by atoms with Gasteiger partial charge in [0.15, 0.2) is 0 Å². The van der Waals surface area contributed by atoms with Crippen LogP contribution in [0.25, 0.3) is 0 Å². The standard InChI is InChI=1S/C8H11BrN4.ClH/c9-7-5-11-8(12-6-7)13-3-1-10-2-4-13;/h5-6,10H,1-4H2;1H/p-1.